The highest BCUT2D eigenvalue weighted by molar-refractivity contribution is 6.06. The molecule has 0 bridgehead atoms. The SMILES string of the molecule is CC1=C(C(=O)Nc2ccc([N+](=O)[O-])cc2)C(c2ccccc2C)NC(=O)N1. The van der Waals surface area contributed by atoms with Gasteiger partial charge in [-0.1, -0.05) is 24.3 Å². The first-order valence-electron chi connectivity index (χ1n) is 8.26. The fraction of sp³-hybridized carbons (Fsp3) is 0.158. The number of carbonyl (C=O) groups is 2. The van der Waals surface area contributed by atoms with Crippen molar-refractivity contribution in [3.8, 4) is 0 Å². The molecule has 2 aromatic rings. The molecule has 2 aromatic carbocycles. The van der Waals surface area contributed by atoms with Gasteiger partial charge in [-0.3, -0.25) is 14.9 Å². The summed E-state index contributed by atoms with van der Waals surface area (Å²) in [5.41, 5.74) is 2.95. The summed E-state index contributed by atoms with van der Waals surface area (Å²) >= 11 is 0. The van der Waals surface area contributed by atoms with E-state index in [1.807, 2.05) is 31.2 Å². The van der Waals surface area contributed by atoms with Gasteiger partial charge in [-0.25, -0.2) is 4.79 Å². The number of anilines is 1. The van der Waals surface area contributed by atoms with Crippen molar-refractivity contribution in [2.24, 2.45) is 0 Å². The normalized spacial score (nSPS) is 16.4. The number of hydrogen-bond donors (Lipinski definition) is 3. The van der Waals surface area contributed by atoms with Gasteiger partial charge in [0.2, 0.25) is 0 Å². The average molecular weight is 366 g/mol. The second-order valence-electron chi connectivity index (χ2n) is 6.18. The van der Waals surface area contributed by atoms with Gasteiger partial charge < -0.3 is 16.0 Å². The Hall–Kier alpha value is -3.68. The van der Waals surface area contributed by atoms with E-state index in [1.165, 1.54) is 24.3 Å². The number of amides is 3. The van der Waals surface area contributed by atoms with Crippen LogP contribution in [0.3, 0.4) is 0 Å². The molecule has 27 heavy (non-hydrogen) atoms. The minimum absolute atomic E-state index is 0.0622. The van der Waals surface area contributed by atoms with Crippen molar-refractivity contribution in [1.82, 2.24) is 10.6 Å². The number of non-ortho nitro benzene ring substituents is 1. The number of nitro benzene ring substituents is 1. The van der Waals surface area contributed by atoms with Crippen LogP contribution < -0.4 is 16.0 Å². The summed E-state index contributed by atoms with van der Waals surface area (Å²) < 4.78 is 0. The molecule has 0 spiro atoms. The van der Waals surface area contributed by atoms with Crippen LogP contribution >= 0.6 is 0 Å². The third-order valence-electron chi connectivity index (χ3n) is 4.35. The molecule has 0 radical (unpaired) electrons. The number of nitrogens with zero attached hydrogens (tertiary/aromatic N) is 1. The molecule has 1 atom stereocenters. The maximum absolute atomic E-state index is 12.9. The Bertz CT molecular complexity index is 950. The minimum Gasteiger partial charge on any atom is -0.327 e. The number of rotatable bonds is 4. The van der Waals surface area contributed by atoms with E-state index in [2.05, 4.69) is 16.0 Å². The van der Waals surface area contributed by atoms with Crippen molar-refractivity contribution in [2.75, 3.05) is 5.32 Å². The summed E-state index contributed by atoms with van der Waals surface area (Å²) in [5, 5.41) is 18.9. The van der Waals surface area contributed by atoms with E-state index < -0.39 is 16.9 Å². The molecule has 0 saturated heterocycles. The maximum Gasteiger partial charge on any atom is 0.319 e. The molecule has 138 valence electrons. The van der Waals surface area contributed by atoms with Crippen LogP contribution in [-0.2, 0) is 4.79 Å². The molecule has 1 heterocycles. The number of nitrogens with one attached hydrogen (secondary N) is 3. The lowest BCUT2D eigenvalue weighted by molar-refractivity contribution is -0.384. The van der Waals surface area contributed by atoms with E-state index in [0.717, 1.165) is 11.1 Å². The van der Waals surface area contributed by atoms with E-state index in [-0.39, 0.29) is 11.7 Å². The minimum atomic E-state index is -0.599. The lowest BCUT2D eigenvalue weighted by atomic mass is 9.92. The lowest BCUT2D eigenvalue weighted by Gasteiger charge is -2.29. The first-order valence-corrected chi connectivity index (χ1v) is 8.26. The molecule has 3 amide bonds. The molecule has 1 aliphatic heterocycles. The molecule has 1 unspecified atom stereocenters. The summed E-state index contributed by atoms with van der Waals surface area (Å²) in [7, 11) is 0. The van der Waals surface area contributed by atoms with Gasteiger partial charge in [0.1, 0.15) is 0 Å². The molecular weight excluding hydrogens is 348 g/mol. The summed E-state index contributed by atoms with van der Waals surface area (Å²) in [6.07, 6.45) is 0. The van der Waals surface area contributed by atoms with Crippen molar-refractivity contribution in [3.63, 3.8) is 0 Å². The fourth-order valence-electron chi connectivity index (χ4n) is 3.00. The number of hydrogen-bond acceptors (Lipinski definition) is 4. The first-order chi connectivity index (χ1) is 12.9. The van der Waals surface area contributed by atoms with Crippen LogP contribution in [0.5, 0.6) is 0 Å². The molecule has 3 N–H and O–H groups in total. The number of benzene rings is 2. The van der Waals surface area contributed by atoms with Crippen molar-refractivity contribution in [1.29, 1.82) is 0 Å². The predicted octanol–water partition coefficient (Wildman–Crippen LogP) is 3.17. The van der Waals surface area contributed by atoms with Crippen LogP contribution in [0.4, 0.5) is 16.2 Å². The van der Waals surface area contributed by atoms with Gasteiger partial charge in [0.05, 0.1) is 16.5 Å². The molecule has 1 aliphatic rings. The van der Waals surface area contributed by atoms with E-state index in [0.29, 0.717) is 17.0 Å². The molecule has 0 aliphatic carbocycles. The monoisotopic (exact) mass is 366 g/mol. The molecule has 0 aromatic heterocycles. The Morgan fingerprint density at radius 1 is 1.11 bits per heavy atom. The van der Waals surface area contributed by atoms with Gasteiger partial charge in [0.15, 0.2) is 0 Å². The van der Waals surface area contributed by atoms with E-state index >= 15 is 0 Å². The Morgan fingerprint density at radius 2 is 1.78 bits per heavy atom. The van der Waals surface area contributed by atoms with E-state index in [9.17, 15) is 19.7 Å². The molecule has 0 fully saturated rings. The molecule has 8 nitrogen and oxygen atoms in total. The Kier molecular flexibility index (Phi) is 4.89. The molecule has 3 rings (SSSR count). The lowest BCUT2D eigenvalue weighted by Crippen LogP contribution is -2.46. The zero-order valence-electron chi connectivity index (χ0n) is 14.8. The smallest absolute Gasteiger partial charge is 0.319 e. The van der Waals surface area contributed by atoms with Crippen LogP contribution in [0.25, 0.3) is 0 Å². The third kappa shape index (κ3) is 3.79. The number of urea groups is 1. The van der Waals surface area contributed by atoms with Crippen molar-refractivity contribution in [3.05, 3.63) is 81.0 Å². The van der Waals surface area contributed by atoms with Gasteiger partial charge in [0, 0.05) is 23.5 Å². The van der Waals surface area contributed by atoms with Crippen LogP contribution in [0.1, 0.15) is 24.1 Å². The van der Waals surface area contributed by atoms with Crippen LogP contribution in [0, 0.1) is 17.0 Å². The number of carbonyl (C=O) groups excluding carboxylic acids is 2. The van der Waals surface area contributed by atoms with Gasteiger partial charge >= 0.3 is 6.03 Å². The second kappa shape index (κ2) is 7.28. The Balaban J connectivity index is 1.92. The van der Waals surface area contributed by atoms with Gasteiger partial charge in [-0.2, -0.15) is 0 Å². The maximum atomic E-state index is 12.9. The third-order valence-corrected chi connectivity index (χ3v) is 4.35. The summed E-state index contributed by atoms with van der Waals surface area (Å²) in [4.78, 5) is 35.1. The zero-order valence-corrected chi connectivity index (χ0v) is 14.8. The van der Waals surface area contributed by atoms with Crippen LogP contribution in [0.2, 0.25) is 0 Å². The van der Waals surface area contributed by atoms with Crippen LogP contribution in [-0.4, -0.2) is 16.9 Å². The topological polar surface area (TPSA) is 113 Å². The highest BCUT2D eigenvalue weighted by Crippen LogP contribution is 2.29. The van der Waals surface area contributed by atoms with E-state index in [1.54, 1.807) is 6.92 Å². The molecular formula is C19H18N4O4. The molecule has 8 heteroatoms. The largest absolute Gasteiger partial charge is 0.327 e. The van der Waals surface area contributed by atoms with E-state index in [4.69, 9.17) is 0 Å². The number of allylic oxidation sites excluding steroid dienone is 1. The predicted molar refractivity (Wildman–Crippen MR) is 100 cm³/mol. The highest BCUT2D eigenvalue weighted by Gasteiger charge is 2.31. The quantitative estimate of drug-likeness (QED) is 0.570. The average Bonchev–Trinajstić information content (AvgIpc) is 2.61. The highest BCUT2D eigenvalue weighted by atomic mass is 16.6. The zero-order chi connectivity index (χ0) is 19.6. The van der Waals surface area contributed by atoms with Crippen molar-refractivity contribution >= 4 is 23.3 Å². The first kappa shape index (κ1) is 18.1. The summed E-state index contributed by atoms with van der Waals surface area (Å²) in [5.74, 6) is -0.401. The summed E-state index contributed by atoms with van der Waals surface area (Å²) in [6.45, 7) is 3.57. The number of aryl methyl sites for hydroxylation is 1. The Labute approximate surface area is 155 Å². The van der Waals surface area contributed by atoms with Gasteiger partial charge in [-0.05, 0) is 37.1 Å². The molecule has 0 saturated carbocycles. The Morgan fingerprint density at radius 3 is 2.41 bits per heavy atom. The van der Waals surface area contributed by atoms with Crippen molar-refractivity contribution in [2.45, 2.75) is 19.9 Å². The fourth-order valence-corrected chi connectivity index (χ4v) is 3.00. The van der Waals surface area contributed by atoms with Crippen LogP contribution in [0.15, 0.2) is 59.8 Å². The van der Waals surface area contributed by atoms with Gasteiger partial charge in [0.25, 0.3) is 11.6 Å². The summed E-state index contributed by atoms with van der Waals surface area (Å²) in [6, 6.07) is 12.1. The second-order valence-corrected chi connectivity index (χ2v) is 6.18. The van der Waals surface area contributed by atoms with Crippen molar-refractivity contribution < 1.29 is 14.5 Å². The standard InChI is InChI=1S/C19H18N4O4/c1-11-5-3-4-6-15(11)17-16(12(2)20-19(25)22-17)18(24)21-13-7-9-14(10-8-13)23(26)27/h3-10,17H,1-2H3,(H,21,24)(H2,20,22,25). The number of nitro groups is 1. The van der Waals surface area contributed by atoms with Gasteiger partial charge in [-0.15, -0.1) is 0 Å².